The second kappa shape index (κ2) is 3.58. The lowest BCUT2D eigenvalue weighted by atomic mass is 9.68. The molecule has 0 amide bonds. The fourth-order valence-corrected chi connectivity index (χ4v) is 4.41. The third-order valence-corrected chi connectivity index (χ3v) is 5.33. The number of aromatic nitrogens is 2. The van der Waals surface area contributed by atoms with Gasteiger partial charge in [-0.1, -0.05) is 20.8 Å². The van der Waals surface area contributed by atoms with Crippen molar-refractivity contribution in [3.05, 3.63) is 18.0 Å². The Morgan fingerprint density at radius 2 is 2.29 bits per heavy atom. The predicted molar refractivity (Wildman–Crippen MR) is 68.4 cm³/mol. The summed E-state index contributed by atoms with van der Waals surface area (Å²) >= 11 is 0. The van der Waals surface area contributed by atoms with Gasteiger partial charge in [-0.15, -0.1) is 0 Å². The lowest BCUT2D eigenvalue weighted by Crippen LogP contribution is -2.49. The Kier molecular flexibility index (Phi) is 2.37. The van der Waals surface area contributed by atoms with E-state index in [-0.39, 0.29) is 0 Å². The van der Waals surface area contributed by atoms with E-state index >= 15 is 0 Å². The summed E-state index contributed by atoms with van der Waals surface area (Å²) < 4.78 is 0. The van der Waals surface area contributed by atoms with E-state index in [2.05, 4.69) is 36.3 Å². The van der Waals surface area contributed by atoms with Gasteiger partial charge >= 0.3 is 0 Å². The first-order chi connectivity index (χ1) is 8.02. The smallest absolute Gasteiger partial charge is 0.0532 e. The molecule has 0 radical (unpaired) electrons. The average molecular weight is 233 g/mol. The van der Waals surface area contributed by atoms with Crippen LogP contribution in [0.4, 0.5) is 0 Å². The van der Waals surface area contributed by atoms with Crippen LogP contribution in [-0.4, -0.2) is 16.2 Å². The third kappa shape index (κ3) is 1.63. The summed E-state index contributed by atoms with van der Waals surface area (Å²) in [5, 5.41) is 10.7. The van der Waals surface area contributed by atoms with Crippen molar-refractivity contribution in [2.24, 2.45) is 16.7 Å². The molecule has 17 heavy (non-hydrogen) atoms. The van der Waals surface area contributed by atoms with Gasteiger partial charge in [0.25, 0.3) is 0 Å². The molecule has 2 bridgehead atoms. The fourth-order valence-electron chi connectivity index (χ4n) is 4.41. The van der Waals surface area contributed by atoms with Crippen LogP contribution >= 0.6 is 0 Å². The van der Waals surface area contributed by atoms with Crippen LogP contribution in [0.1, 0.15) is 45.6 Å². The minimum atomic E-state index is 0.441. The zero-order valence-corrected chi connectivity index (χ0v) is 11.1. The van der Waals surface area contributed by atoms with Crippen molar-refractivity contribution in [1.82, 2.24) is 15.5 Å². The minimum absolute atomic E-state index is 0.441. The highest BCUT2D eigenvalue weighted by Crippen LogP contribution is 2.62. The highest BCUT2D eigenvalue weighted by Gasteiger charge is 2.58. The maximum atomic E-state index is 4.00. The van der Waals surface area contributed by atoms with Crippen LogP contribution in [0, 0.1) is 16.7 Å². The van der Waals surface area contributed by atoms with E-state index in [1.54, 1.807) is 0 Å². The van der Waals surface area contributed by atoms with Crippen LogP contribution < -0.4 is 5.32 Å². The molecule has 2 N–H and O–H groups in total. The maximum Gasteiger partial charge on any atom is 0.0532 e. The van der Waals surface area contributed by atoms with Gasteiger partial charge in [0.2, 0.25) is 0 Å². The molecule has 0 saturated heterocycles. The number of fused-ring (bicyclic) bond motifs is 2. The van der Waals surface area contributed by atoms with Gasteiger partial charge in [-0.3, -0.25) is 5.10 Å². The molecule has 0 aliphatic heterocycles. The predicted octanol–water partition coefficient (Wildman–Crippen LogP) is 2.71. The van der Waals surface area contributed by atoms with Crippen LogP contribution in [0.2, 0.25) is 0 Å². The van der Waals surface area contributed by atoms with E-state index < -0.39 is 0 Å². The highest BCUT2D eigenvalue weighted by atomic mass is 15.1. The first-order valence-electron chi connectivity index (χ1n) is 6.73. The molecule has 2 fully saturated rings. The van der Waals surface area contributed by atoms with Crippen LogP contribution in [-0.2, 0) is 6.54 Å². The molecule has 0 aromatic carbocycles. The Hall–Kier alpha value is -0.830. The van der Waals surface area contributed by atoms with Crippen LogP contribution in [0.25, 0.3) is 0 Å². The number of aromatic amines is 1. The molecule has 0 spiro atoms. The van der Waals surface area contributed by atoms with E-state index in [9.17, 15) is 0 Å². The van der Waals surface area contributed by atoms with Crippen LogP contribution in [0.15, 0.2) is 12.4 Å². The summed E-state index contributed by atoms with van der Waals surface area (Å²) in [5.74, 6) is 0.911. The molecule has 1 aromatic rings. The molecular weight excluding hydrogens is 210 g/mol. The van der Waals surface area contributed by atoms with E-state index in [0.29, 0.717) is 16.9 Å². The van der Waals surface area contributed by atoms with Crippen LogP contribution in [0.5, 0.6) is 0 Å². The second-order valence-corrected chi connectivity index (χ2v) is 6.84. The summed E-state index contributed by atoms with van der Waals surface area (Å²) in [5.41, 5.74) is 2.21. The van der Waals surface area contributed by atoms with Crippen molar-refractivity contribution in [2.45, 2.75) is 52.6 Å². The van der Waals surface area contributed by atoms with Gasteiger partial charge in [-0.05, 0) is 36.0 Å². The van der Waals surface area contributed by atoms with Gasteiger partial charge in [0.15, 0.2) is 0 Å². The molecule has 1 aromatic heterocycles. The first kappa shape index (κ1) is 11.3. The third-order valence-electron chi connectivity index (χ3n) is 5.33. The number of rotatable bonds is 3. The minimum Gasteiger partial charge on any atom is -0.309 e. The molecule has 3 atom stereocenters. The highest BCUT2D eigenvalue weighted by molar-refractivity contribution is 5.13. The number of H-pyrrole nitrogens is 1. The lowest BCUT2D eigenvalue weighted by molar-refractivity contribution is 0.108. The molecule has 3 heteroatoms. The monoisotopic (exact) mass is 233 g/mol. The van der Waals surface area contributed by atoms with Crippen molar-refractivity contribution in [3.8, 4) is 0 Å². The Labute approximate surface area is 103 Å². The van der Waals surface area contributed by atoms with Crippen molar-refractivity contribution < 1.29 is 0 Å². The topological polar surface area (TPSA) is 40.7 Å². The van der Waals surface area contributed by atoms with E-state index in [1.807, 2.05) is 12.4 Å². The quantitative estimate of drug-likeness (QED) is 0.842. The molecule has 3 unspecified atom stereocenters. The van der Waals surface area contributed by atoms with Crippen molar-refractivity contribution >= 4 is 0 Å². The van der Waals surface area contributed by atoms with Crippen LogP contribution in [0.3, 0.4) is 0 Å². The molecule has 1 heterocycles. The van der Waals surface area contributed by atoms with Gasteiger partial charge in [-0.25, -0.2) is 0 Å². The fraction of sp³-hybridized carbons (Fsp3) is 0.786. The maximum absolute atomic E-state index is 4.00. The SMILES string of the molecule is CC12CCC(C1)C(C)(C)C2NCc1cn[nH]c1. The number of hydrogen-bond donors (Lipinski definition) is 2. The number of nitrogens with one attached hydrogen (secondary N) is 2. The van der Waals surface area contributed by atoms with Gasteiger partial charge in [-0.2, -0.15) is 5.10 Å². The largest absolute Gasteiger partial charge is 0.309 e. The molecular formula is C14H23N3. The lowest BCUT2D eigenvalue weighted by Gasteiger charge is -2.43. The normalized spacial score (nSPS) is 38.8. The summed E-state index contributed by atoms with van der Waals surface area (Å²) in [6.07, 6.45) is 8.12. The van der Waals surface area contributed by atoms with Gasteiger partial charge in [0.1, 0.15) is 0 Å². The van der Waals surface area contributed by atoms with Crippen molar-refractivity contribution in [1.29, 1.82) is 0 Å². The van der Waals surface area contributed by atoms with E-state index in [4.69, 9.17) is 0 Å². The zero-order valence-electron chi connectivity index (χ0n) is 11.1. The Morgan fingerprint density at radius 1 is 1.47 bits per heavy atom. The molecule has 3 nitrogen and oxygen atoms in total. The Morgan fingerprint density at radius 3 is 2.88 bits per heavy atom. The molecule has 3 rings (SSSR count). The van der Waals surface area contributed by atoms with Crippen molar-refractivity contribution in [3.63, 3.8) is 0 Å². The molecule has 2 aliphatic carbocycles. The Balaban J connectivity index is 1.74. The summed E-state index contributed by atoms with van der Waals surface area (Å²) in [7, 11) is 0. The van der Waals surface area contributed by atoms with Gasteiger partial charge < -0.3 is 5.32 Å². The molecule has 94 valence electrons. The zero-order chi connectivity index (χ0) is 12.1. The molecule has 2 saturated carbocycles. The molecule has 2 aliphatic rings. The van der Waals surface area contributed by atoms with Crippen molar-refractivity contribution in [2.75, 3.05) is 0 Å². The summed E-state index contributed by atoms with van der Waals surface area (Å²) in [4.78, 5) is 0. The van der Waals surface area contributed by atoms with E-state index in [1.165, 1.54) is 24.8 Å². The number of hydrogen-bond acceptors (Lipinski definition) is 2. The summed E-state index contributed by atoms with van der Waals surface area (Å²) in [6, 6.07) is 0.642. The van der Waals surface area contributed by atoms with Gasteiger partial charge in [0, 0.05) is 24.3 Å². The average Bonchev–Trinajstić information content (AvgIpc) is 2.90. The van der Waals surface area contributed by atoms with Gasteiger partial charge in [0.05, 0.1) is 6.20 Å². The number of nitrogens with zero attached hydrogens (tertiary/aromatic N) is 1. The Bertz CT molecular complexity index is 391. The summed E-state index contributed by atoms with van der Waals surface area (Å²) in [6.45, 7) is 8.28. The first-order valence-corrected chi connectivity index (χ1v) is 6.73. The second-order valence-electron chi connectivity index (χ2n) is 6.84. The standard InChI is InChI=1S/C14H23N3/c1-13(2)11-4-5-14(3,6-11)12(13)15-7-10-8-16-17-9-10/h8-9,11-12,15H,4-7H2,1-3H3,(H,16,17). The van der Waals surface area contributed by atoms with E-state index in [0.717, 1.165) is 12.5 Å².